The van der Waals surface area contributed by atoms with E-state index in [2.05, 4.69) is 34.4 Å². The lowest BCUT2D eigenvalue weighted by Crippen LogP contribution is -2.37. The number of benzene rings is 1. The van der Waals surface area contributed by atoms with Gasteiger partial charge in [-0.05, 0) is 37.3 Å². The van der Waals surface area contributed by atoms with Crippen LogP contribution in [0.5, 0.6) is 0 Å². The summed E-state index contributed by atoms with van der Waals surface area (Å²) in [5.41, 5.74) is 6.17. The number of carbonyl (C=O) groups excluding carboxylic acids is 2. The summed E-state index contributed by atoms with van der Waals surface area (Å²) in [5, 5.41) is 1.12. The van der Waals surface area contributed by atoms with Gasteiger partial charge in [0.05, 0.1) is 0 Å². The van der Waals surface area contributed by atoms with Crippen molar-refractivity contribution in [3.8, 4) is 0 Å². The molecule has 3 aliphatic rings. The first kappa shape index (κ1) is 18.2. The fraction of sp³-hybridized carbons (Fsp3) is 0.360. The van der Waals surface area contributed by atoms with Crippen molar-refractivity contribution in [3.63, 3.8) is 0 Å². The summed E-state index contributed by atoms with van der Waals surface area (Å²) in [7, 11) is 2.04. The van der Waals surface area contributed by atoms with Crippen molar-refractivity contribution >= 4 is 22.5 Å². The Morgan fingerprint density at radius 3 is 2.24 bits per heavy atom. The topological polar surface area (TPSA) is 42.3 Å². The van der Waals surface area contributed by atoms with Crippen LogP contribution in [-0.2, 0) is 16.1 Å². The molecule has 0 spiro atoms. The first-order chi connectivity index (χ1) is 14.1. The second-order valence-corrected chi connectivity index (χ2v) is 8.31. The highest BCUT2D eigenvalue weighted by Crippen LogP contribution is 2.50. The highest BCUT2D eigenvalue weighted by atomic mass is 16.1. The van der Waals surface area contributed by atoms with E-state index in [4.69, 9.17) is 0 Å². The number of ketones is 2. The van der Waals surface area contributed by atoms with Gasteiger partial charge in [0.1, 0.15) is 0 Å². The SMILES string of the molecule is C=CCn1cc(C2C3=C(CCCC3=O)N(C)C3=C2C(=O)CCC3)c2ccccc21. The third kappa shape index (κ3) is 2.65. The Labute approximate surface area is 171 Å². The summed E-state index contributed by atoms with van der Waals surface area (Å²) in [6.07, 6.45) is 8.78. The van der Waals surface area contributed by atoms with Gasteiger partial charge in [-0.2, -0.15) is 0 Å². The van der Waals surface area contributed by atoms with Gasteiger partial charge in [-0.3, -0.25) is 9.59 Å². The number of fused-ring (bicyclic) bond motifs is 1. The second kappa shape index (κ2) is 6.87. The zero-order chi connectivity index (χ0) is 20.1. The fourth-order valence-corrected chi connectivity index (χ4v) is 5.46. The molecule has 0 amide bonds. The third-order valence-corrected chi connectivity index (χ3v) is 6.70. The van der Waals surface area contributed by atoms with E-state index in [1.165, 1.54) is 0 Å². The average molecular weight is 386 g/mol. The van der Waals surface area contributed by atoms with Crippen LogP contribution >= 0.6 is 0 Å². The number of para-hydroxylation sites is 1. The number of hydrogen-bond donors (Lipinski definition) is 0. The van der Waals surface area contributed by atoms with E-state index in [1.54, 1.807) is 0 Å². The Morgan fingerprint density at radius 1 is 1.00 bits per heavy atom. The Hall–Kier alpha value is -2.88. The van der Waals surface area contributed by atoms with Gasteiger partial charge >= 0.3 is 0 Å². The Balaban J connectivity index is 1.81. The average Bonchev–Trinajstić information content (AvgIpc) is 3.08. The maximum atomic E-state index is 13.2. The van der Waals surface area contributed by atoms with Gasteiger partial charge in [-0.25, -0.2) is 0 Å². The van der Waals surface area contributed by atoms with Gasteiger partial charge in [0.2, 0.25) is 0 Å². The molecule has 0 radical (unpaired) electrons. The molecule has 2 aromatic rings. The van der Waals surface area contributed by atoms with Crippen molar-refractivity contribution in [2.24, 2.45) is 0 Å². The molecule has 1 aromatic heterocycles. The molecule has 0 saturated carbocycles. The van der Waals surface area contributed by atoms with Crippen molar-refractivity contribution in [1.82, 2.24) is 9.47 Å². The molecule has 4 nitrogen and oxygen atoms in total. The number of allylic oxidation sites excluding steroid dienone is 5. The molecule has 2 heterocycles. The number of nitrogens with zero attached hydrogens (tertiary/aromatic N) is 2. The highest BCUT2D eigenvalue weighted by Gasteiger charge is 2.43. The van der Waals surface area contributed by atoms with Gasteiger partial charge < -0.3 is 9.47 Å². The van der Waals surface area contributed by atoms with E-state index in [9.17, 15) is 9.59 Å². The van der Waals surface area contributed by atoms with E-state index >= 15 is 0 Å². The van der Waals surface area contributed by atoms with Crippen molar-refractivity contribution in [2.45, 2.75) is 51.0 Å². The van der Waals surface area contributed by atoms with Crippen LogP contribution in [0.25, 0.3) is 10.9 Å². The molecular formula is C25H26N2O2. The van der Waals surface area contributed by atoms with Crippen LogP contribution in [0.1, 0.15) is 50.0 Å². The van der Waals surface area contributed by atoms with Crippen molar-refractivity contribution in [1.29, 1.82) is 0 Å². The van der Waals surface area contributed by atoms with E-state index < -0.39 is 0 Å². The summed E-state index contributed by atoms with van der Waals surface area (Å²) in [4.78, 5) is 28.5. The molecule has 29 heavy (non-hydrogen) atoms. The van der Waals surface area contributed by atoms with Gasteiger partial charge in [0, 0.05) is 72.0 Å². The Morgan fingerprint density at radius 2 is 1.62 bits per heavy atom. The zero-order valence-electron chi connectivity index (χ0n) is 16.9. The van der Waals surface area contributed by atoms with Crippen LogP contribution in [0.4, 0.5) is 0 Å². The van der Waals surface area contributed by atoms with E-state index in [1.807, 2.05) is 25.3 Å². The molecule has 0 N–H and O–H groups in total. The van der Waals surface area contributed by atoms with E-state index in [-0.39, 0.29) is 17.5 Å². The maximum Gasteiger partial charge on any atom is 0.161 e. The van der Waals surface area contributed by atoms with Crippen LogP contribution in [0.3, 0.4) is 0 Å². The lowest BCUT2D eigenvalue weighted by atomic mass is 9.71. The first-order valence-corrected chi connectivity index (χ1v) is 10.6. The standard InChI is InChI=1S/C25H26N2O2/c1-3-14-27-15-17(16-8-4-5-9-18(16)27)23-24-19(10-6-12-21(24)28)26(2)20-11-7-13-22(29)25(20)23/h3-5,8-9,15,23H,1,6-7,10-14H2,2H3. The molecule has 1 aliphatic heterocycles. The minimum atomic E-state index is -0.243. The van der Waals surface area contributed by atoms with E-state index in [0.29, 0.717) is 19.4 Å². The smallest absolute Gasteiger partial charge is 0.161 e. The molecule has 2 aliphatic carbocycles. The summed E-state index contributed by atoms with van der Waals surface area (Å²) in [5.74, 6) is 0.162. The van der Waals surface area contributed by atoms with Crippen molar-refractivity contribution < 1.29 is 9.59 Å². The largest absolute Gasteiger partial charge is 0.351 e. The van der Waals surface area contributed by atoms with Crippen LogP contribution in [0.2, 0.25) is 0 Å². The minimum Gasteiger partial charge on any atom is -0.351 e. The lowest BCUT2D eigenvalue weighted by molar-refractivity contribution is -0.117. The molecule has 4 heteroatoms. The number of rotatable bonds is 3. The summed E-state index contributed by atoms with van der Waals surface area (Å²) < 4.78 is 2.18. The highest BCUT2D eigenvalue weighted by molar-refractivity contribution is 6.07. The molecule has 148 valence electrons. The third-order valence-electron chi connectivity index (χ3n) is 6.70. The molecule has 0 saturated heterocycles. The quantitative estimate of drug-likeness (QED) is 0.707. The number of aromatic nitrogens is 1. The fourth-order valence-electron chi connectivity index (χ4n) is 5.46. The van der Waals surface area contributed by atoms with Crippen molar-refractivity contribution in [2.75, 3.05) is 7.05 Å². The predicted octanol–water partition coefficient (Wildman–Crippen LogP) is 4.87. The molecule has 0 atom stereocenters. The van der Waals surface area contributed by atoms with Gasteiger partial charge in [-0.1, -0.05) is 24.3 Å². The van der Waals surface area contributed by atoms with Gasteiger partial charge in [0.25, 0.3) is 0 Å². The molecular weight excluding hydrogens is 360 g/mol. The summed E-state index contributed by atoms with van der Waals surface area (Å²) >= 11 is 0. The van der Waals surface area contributed by atoms with Crippen molar-refractivity contribution in [3.05, 3.63) is 71.2 Å². The molecule has 5 rings (SSSR count). The van der Waals surface area contributed by atoms with Crippen LogP contribution < -0.4 is 0 Å². The number of hydrogen-bond acceptors (Lipinski definition) is 3. The lowest BCUT2D eigenvalue weighted by Gasteiger charge is -2.42. The predicted molar refractivity (Wildman–Crippen MR) is 114 cm³/mol. The summed E-state index contributed by atoms with van der Waals surface area (Å²) in [6, 6.07) is 8.29. The monoisotopic (exact) mass is 386 g/mol. The van der Waals surface area contributed by atoms with Crippen LogP contribution in [0.15, 0.2) is 65.7 Å². The number of carbonyl (C=O) groups is 2. The summed E-state index contributed by atoms with van der Waals surface area (Å²) in [6.45, 7) is 4.60. The normalized spacial score (nSPS) is 20.4. The van der Waals surface area contributed by atoms with Crippen LogP contribution in [0, 0.1) is 0 Å². The first-order valence-electron chi connectivity index (χ1n) is 10.6. The molecule has 0 fully saturated rings. The zero-order valence-corrected chi connectivity index (χ0v) is 16.9. The van der Waals surface area contributed by atoms with Gasteiger partial charge in [-0.15, -0.1) is 6.58 Å². The Bertz CT molecular complexity index is 1070. The maximum absolute atomic E-state index is 13.2. The molecule has 1 aromatic carbocycles. The minimum absolute atomic E-state index is 0.202. The number of Topliss-reactive ketones (excluding diaryl/α,β-unsaturated/α-hetero) is 2. The molecule has 0 bridgehead atoms. The Kier molecular flexibility index (Phi) is 4.30. The van der Waals surface area contributed by atoms with Gasteiger partial charge in [0.15, 0.2) is 11.6 Å². The van der Waals surface area contributed by atoms with Crippen LogP contribution in [-0.4, -0.2) is 28.1 Å². The molecule has 0 unspecified atom stereocenters. The second-order valence-electron chi connectivity index (χ2n) is 8.31. The van der Waals surface area contributed by atoms with E-state index in [0.717, 1.165) is 64.7 Å².